The molecule has 170 valence electrons. The van der Waals surface area contributed by atoms with Gasteiger partial charge < -0.3 is 20.3 Å². The predicted octanol–water partition coefficient (Wildman–Crippen LogP) is 4.00. The highest BCUT2D eigenvalue weighted by Gasteiger charge is 2.36. The van der Waals surface area contributed by atoms with Crippen LogP contribution in [0.5, 0.6) is 0 Å². The second kappa shape index (κ2) is 10.7. The first-order valence-corrected chi connectivity index (χ1v) is 11.2. The molecule has 1 aromatic heterocycles. The molecule has 0 saturated heterocycles. The molecular formula is C26H28N4O3. The van der Waals surface area contributed by atoms with Gasteiger partial charge in [-0.2, -0.15) is 0 Å². The minimum atomic E-state index is -0.302. The summed E-state index contributed by atoms with van der Waals surface area (Å²) in [6.45, 7) is 4.21. The molecule has 1 aliphatic heterocycles. The Balaban J connectivity index is 1.48. The quantitative estimate of drug-likeness (QED) is 0.462. The fourth-order valence-electron chi connectivity index (χ4n) is 3.93. The minimum absolute atomic E-state index is 0.00460. The van der Waals surface area contributed by atoms with Crippen LogP contribution in [0.2, 0.25) is 0 Å². The topological polar surface area (TPSA) is 83.6 Å². The molecule has 0 fully saturated rings. The molecule has 3 aromatic rings. The number of fused-ring (bicyclic) bond motifs is 1. The number of aromatic nitrogens is 1. The number of pyridine rings is 1. The lowest BCUT2D eigenvalue weighted by Gasteiger charge is -2.27. The molecule has 33 heavy (non-hydrogen) atoms. The van der Waals surface area contributed by atoms with Crippen molar-refractivity contribution in [1.82, 2.24) is 15.2 Å². The van der Waals surface area contributed by atoms with Gasteiger partial charge in [0, 0.05) is 61.1 Å². The number of hydrogen-bond donors (Lipinski definition) is 2. The highest BCUT2D eigenvalue weighted by Crippen LogP contribution is 2.34. The van der Waals surface area contributed by atoms with Gasteiger partial charge in [0.2, 0.25) is 0 Å². The van der Waals surface area contributed by atoms with Crippen LogP contribution < -0.4 is 10.6 Å². The largest absolute Gasteiger partial charge is 0.382 e. The zero-order chi connectivity index (χ0) is 23.0. The van der Waals surface area contributed by atoms with Crippen LogP contribution in [0.3, 0.4) is 0 Å². The van der Waals surface area contributed by atoms with Crippen LogP contribution >= 0.6 is 0 Å². The van der Waals surface area contributed by atoms with E-state index in [-0.39, 0.29) is 18.0 Å². The maximum Gasteiger partial charge on any atom is 0.256 e. The number of hydrogen-bond acceptors (Lipinski definition) is 5. The van der Waals surface area contributed by atoms with Crippen LogP contribution in [0.4, 0.5) is 5.69 Å². The Labute approximate surface area is 193 Å². The molecule has 7 heteroatoms. The average Bonchev–Trinajstić information content (AvgIpc) is 3.12. The predicted molar refractivity (Wildman–Crippen MR) is 127 cm³/mol. The van der Waals surface area contributed by atoms with Gasteiger partial charge in [0.1, 0.15) is 6.17 Å². The van der Waals surface area contributed by atoms with E-state index in [9.17, 15) is 9.59 Å². The lowest BCUT2D eigenvalue weighted by Crippen LogP contribution is -2.33. The van der Waals surface area contributed by atoms with Crippen molar-refractivity contribution in [2.75, 3.05) is 25.1 Å². The van der Waals surface area contributed by atoms with Crippen LogP contribution in [0.1, 0.15) is 51.4 Å². The van der Waals surface area contributed by atoms with E-state index in [1.165, 1.54) is 0 Å². The first kappa shape index (κ1) is 22.5. The van der Waals surface area contributed by atoms with E-state index >= 15 is 0 Å². The van der Waals surface area contributed by atoms with Crippen molar-refractivity contribution in [2.45, 2.75) is 26.1 Å². The van der Waals surface area contributed by atoms with E-state index < -0.39 is 0 Å². The molecule has 2 heterocycles. The van der Waals surface area contributed by atoms with Gasteiger partial charge >= 0.3 is 0 Å². The summed E-state index contributed by atoms with van der Waals surface area (Å²) < 4.78 is 5.45. The molecule has 1 aliphatic rings. The summed E-state index contributed by atoms with van der Waals surface area (Å²) in [5.41, 5.74) is 3.89. The van der Waals surface area contributed by atoms with Crippen LogP contribution in [-0.4, -0.2) is 41.5 Å². The first-order chi connectivity index (χ1) is 16.2. The number of carbonyl (C=O) groups excluding carboxylic acids is 2. The third-order valence-electron chi connectivity index (χ3n) is 5.55. The Morgan fingerprint density at radius 3 is 2.82 bits per heavy atom. The monoisotopic (exact) mass is 444 g/mol. The van der Waals surface area contributed by atoms with Crippen LogP contribution in [0, 0.1) is 0 Å². The van der Waals surface area contributed by atoms with Crippen molar-refractivity contribution in [3.8, 4) is 0 Å². The maximum atomic E-state index is 13.0. The SMILES string of the molecule is CCOCCCN1C(=O)c2ccccc2C1Nc1cccc(C(=O)NCc2cccnc2)c1. The number of nitrogens with zero attached hydrogens (tertiary/aromatic N) is 2. The van der Waals surface area contributed by atoms with Gasteiger partial charge in [-0.25, -0.2) is 0 Å². The van der Waals surface area contributed by atoms with Crippen molar-refractivity contribution < 1.29 is 14.3 Å². The summed E-state index contributed by atoms with van der Waals surface area (Å²) in [4.78, 5) is 31.6. The second-order valence-electron chi connectivity index (χ2n) is 7.81. The highest BCUT2D eigenvalue weighted by atomic mass is 16.5. The van der Waals surface area contributed by atoms with Gasteiger partial charge in [-0.15, -0.1) is 0 Å². The van der Waals surface area contributed by atoms with Crippen LogP contribution in [0.15, 0.2) is 73.1 Å². The van der Waals surface area contributed by atoms with E-state index in [0.717, 1.165) is 23.2 Å². The summed E-state index contributed by atoms with van der Waals surface area (Å²) >= 11 is 0. The Morgan fingerprint density at radius 2 is 2.00 bits per heavy atom. The number of rotatable bonds is 10. The van der Waals surface area contributed by atoms with Gasteiger partial charge in [0.15, 0.2) is 0 Å². The van der Waals surface area contributed by atoms with Gasteiger partial charge in [-0.05, 0) is 49.2 Å². The van der Waals surface area contributed by atoms with Crippen LogP contribution in [0.25, 0.3) is 0 Å². The smallest absolute Gasteiger partial charge is 0.256 e. The van der Waals surface area contributed by atoms with Crippen LogP contribution in [-0.2, 0) is 11.3 Å². The third-order valence-corrected chi connectivity index (χ3v) is 5.55. The number of anilines is 1. The molecule has 0 aliphatic carbocycles. The number of carbonyl (C=O) groups is 2. The molecular weight excluding hydrogens is 416 g/mol. The average molecular weight is 445 g/mol. The van der Waals surface area contributed by atoms with E-state index in [1.54, 1.807) is 18.5 Å². The van der Waals surface area contributed by atoms with Crippen molar-refractivity contribution in [2.24, 2.45) is 0 Å². The van der Waals surface area contributed by atoms with Gasteiger partial charge in [-0.1, -0.05) is 30.3 Å². The van der Waals surface area contributed by atoms with E-state index in [4.69, 9.17) is 4.74 Å². The van der Waals surface area contributed by atoms with Crippen molar-refractivity contribution in [3.63, 3.8) is 0 Å². The fraction of sp³-hybridized carbons (Fsp3) is 0.269. The Bertz CT molecular complexity index is 1100. The summed E-state index contributed by atoms with van der Waals surface area (Å²) in [6, 6.07) is 18.7. The summed E-state index contributed by atoms with van der Waals surface area (Å²) in [5, 5.41) is 6.38. The summed E-state index contributed by atoms with van der Waals surface area (Å²) in [5.74, 6) is -0.163. The van der Waals surface area contributed by atoms with Crippen molar-refractivity contribution in [3.05, 3.63) is 95.3 Å². The molecule has 2 N–H and O–H groups in total. The van der Waals surface area contributed by atoms with E-state index in [0.29, 0.717) is 37.4 Å². The molecule has 1 atom stereocenters. The Hall–Kier alpha value is -3.71. The van der Waals surface area contributed by atoms with Crippen molar-refractivity contribution >= 4 is 17.5 Å². The third kappa shape index (κ3) is 5.38. The zero-order valence-electron chi connectivity index (χ0n) is 18.7. The van der Waals surface area contributed by atoms with Gasteiger partial charge in [0.05, 0.1) is 0 Å². The van der Waals surface area contributed by atoms with Gasteiger partial charge in [0.25, 0.3) is 11.8 Å². The fourth-order valence-corrected chi connectivity index (χ4v) is 3.93. The summed E-state index contributed by atoms with van der Waals surface area (Å²) in [7, 11) is 0. The Morgan fingerprint density at radius 1 is 1.12 bits per heavy atom. The van der Waals surface area contributed by atoms with Gasteiger partial charge in [-0.3, -0.25) is 14.6 Å². The number of nitrogens with one attached hydrogen (secondary N) is 2. The maximum absolute atomic E-state index is 13.0. The molecule has 0 saturated carbocycles. The molecule has 2 aromatic carbocycles. The minimum Gasteiger partial charge on any atom is -0.382 e. The number of ether oxygens (including phenoxy) is 1. The molecule has 0 radical (unpaired) electrons. The van der Waals surface area contributed by atoms with Crippen molar-refractivity contribution in [1.29, 1.82) is 0 Å². The van der Waals surface area contributed by atoms with E-state index in [1.807, 2.05) is 66.4 Å². The standard InChI is InChI=1S/C26H28N4O3/c1-2-33-15-7-14-30-24(22-11-3-4-12-23(22)26(30)32)29-21-10-5-9-20(16-21)25(31)28-18-19-8-6-13-27-17-19/h3-6,8-13,16-17,24,29H,2,7,14-15,18H2,1H3,(H,28,31). The molecule has 7 nitrogen and oxygen atoms in total. The normalized spacial score (nSPS) is 14.8. The lowest BCUT2D eigenvalue weighted by atomic mass is 10.1. The first-order valence-electron chi connectivity index (χ1n) is 11.2. The number of amides is 2. The zero-order valence-corrected chi connectivity index (χ0v) is 18.7. The molecule has 0 spiro atoms. The molecule has 1 unspecified atom stereocenters. The molecule has 2 amide bonds. The number of benzene rings is 2. The summed E-state index contributed by atoms with van der Waals surface area (Å²) in [6.07, 6.45) is 3.88. The highest BCUT2D eigenvalue weighted by molar-refractivity contribution is 5.99. The second-order valence-corrected chi connectivity index (χ2v) is 7.81. The van der Waals surface area contributed by atoms with E-state index in [2.05, 4.69) is 15.6 Å². The lowest BCUT2D eigenvalue weighted by molar-refractivity contribution is 0.0708. The molecule has 4 rings (SSSR count). The Kier molecular flexibility index (Phi) is 7.32. The molecule has 0 bridgehead atoms.